The van der Waals surface area contributed by atoms with Crippen LogP contribution >= 0.6 is 0 Å². The number of pyridine rings is 1. The molecule has 4 nitrogen and oxygen atoms in total. The van der Waals surface area contributed by atoms with E-state index in [9.17, 15) is 22.8 Å². The Balaban J connectivity index is 1.95. The molecular weight excluding hydrogens is 369 g/mol. The van der Waals surface area contributed by atoms with Gasteiger partial charge in [0.15, 0.2) is 0 Å². The summed E-state index contributed by atoms with van der Waals surface area (Å²) in [4.78, 5) is 26.4. The maximum Gasteiger partial charge on any atom is 0.431 e. The molecule has 2 aromatic carbocycles. The van der Waals surface area contributed by atoms with Crippen LogP contribution in [0.4, 0.5) is 13.2 Å². The van der Waals surface area contributed by atoms with E-state index in [1.807, 2.05) is 61.5 Å². The van der Waals surface area contributed by atoms with Crippen molar-refractivity contribution in [1.82, 2.24) is 10.3 Å². The average molecular weight is 386 g/mol. The van der Waals surface area contributed by atoms with Crippen LogP contribution < -0.4 is 10.9 Å². The number of halogens is 3. The van der Waals surface area contributed by atoms with Crippen LogP contribution in [0.25, 0.3) is 0 Å². The summed E-state index contributed by atoms with van der Waals surface area (Å²) in [6, 6.07) is 17.6. The van der Waals surface area contributed by atoms with Crippen molar-refractivity contribution < 1.29 is 18.0 Å². The quantitative estimate of drug-likeness (QED) is 0.705. The van der Waals surface area contributed by atoms with E-state index >= 15 is 0 Å². The van der Waals surface area contributed by atoms with E-state index in [1.165, 1.54) is 0 Å². The number of nitrogens with one attached hydrogen (secondary N) is 2. The number of aromatic nitrogens is 1. The van der Waals surface area contributed by atoms with Gasteiger partial charge in [0.2, 0.25) is 0 Å². The maximum absolute atomic E-state index is 12.7. The number of H-pyrrole nitrogens is 1. The van der Waals surface area contributed by atoms with Gasteiger partial charge in [0.05, 0.1) is 6.04 Å². The first-order valence-corrected chi connectivity index (χ1v) is 8.48. The highest BCUT2D eigenvalue weighted by atomic mass is 19.4. The SMILES string of the molecule is Cc1cccc(C(NC(=O)c2ccc(C(F)(F)F)[nH]c2=O)c2ccccc2)c1. The largest absolute Gasteiger partial charge is 0.431 e. The van der Waals surface area contributed by atoms with E-state index in [2.05, 4.69) is 5.32 Å². The van der Waals surface area contributed by atoms with E-state index in [1.54, 1.807) is 4.98 Å². The number of carbonyl (C=O) groups is 1. The molecule has 3 rings (SSSR count). The third-order valence-corrected chi connectivity index (χ3v) is 4.24. The van der Waals surface area contributed by atoms with Gasteiger partial charge in [0.1, 0.15) is 11.3 Å². The van der Waals surface area contributed by atoms with E-state index in [4.69, 9.17) is 0 Å². The summed E-state index contributed by atoms with van der Waals surface area (Å²) >= 11 is 0. The molecule has 0 spiro atoms. The van der Waals surface area contributed by atoms with Crippen LogP contribution in [0.2, 0.25) is 0 Å². The Labute approximate surface area is 159 Å². The van der Waals surface area contributed by atoms with Crippen LogP contribution in [0.3, 0.4) is 0 Å². The third-order valence-electron chi connectivity index (χ3n) is 4.24. The standard InChI is InChI=1S/C21H17F3N2O2/c1-13-6-5-9-15(12-13)18(14-7-3-2-4-8-14)26-20(28)16-10-11-17(21(22,23)24)25-19(16)27/h2-12,18H,1H3,(H,25,27)(H,26,28). The molecule has 0 saturated carbocycles. The summed E-state index contributed by atoms with van der Waals surface area (Å²) in [7, 11) is 0. The number of carbonyl (C=O) groups excluding carboxylic acids is 1. The highest BCUT2D eigenvalue weighted by molar-refractivity contribution is 5.94. The van der Waals surface area contributed by atoms with Gasteiger partial charge in [-0.25, -0.2) is 0 Å². The lowest BCUT2D eigenvalue weighted by Crippen LogP contribution is -2.34. The number of hydrogen-bond donors (Lipinski definition) is 2. The summed E-state index contributed by atoms with van der Waals surface area (Å²) in [5.74, 6) is -0.759. The molecule has 1 heterocycles. The lowest BCUT2D eigenvalue weighted by molar-refractivity contribution is -0.141. The molecule has 7 heteroatoms. The second-order valence-electron chi connectivity index (χ2n) is 6.34. The van der Waals surface area contributed by atoms with Crippen molar-refractivity contribution in [3.8, 4) is 0 Å². The Morgan fingerprint density at radius 1 is 0.964 bits per heavy atom. The molecule has 28 heavy (non-hydrogen) atoms. The Morgan fingerprint density at radius 3 is 2.25 bits per heavy atom. The highest BCUT2D eigenvalue weighted by Gasteiger charge is 2.32. The fraction of sp³-hybridized carbons (Fsp3) is 0.143. The Bertz CT molecular complexity index is 1040. The molecule has 0 saturated heterocycles. The van der Waals surface area contributed by atoms with E-state index in [-0.39, 0.29) is 5.56 Å². The molecule has 0 aliphatic heterocycles. The second kappa shape index (κ2) is 7.72. The summed E-state index contributed by atoms with van der Waals surface area (Å²) in [5.41, 5.74) is -0.120. The lowest BCUT2D eigenvalue weighted by Gasteiger charge is -2.20. The first-order chi connectivity index (χ1) is 13.3. The van der Waals surface area contributed by atoms with Gasteiger partial charge in [-0.2, -0.15) is 13.2 Å². The monoisotopic (exact) mass is 386 g/mol. The summed E-state index contributed by atoms with van der Waals surface area (Å²) in [6.45, 7) is 1.91. The first-order valence-electron chi connectivity index (χ1n) is 8.48. The van der Waals surface area contributed by atoms with Crippen LogP contribution in [-0.2, 0) is 6.18 Å². The average Bonchev–Trinajstić information content (AvgIpc) is 2.65. The molecule has 3 aromatic rings. The van der Waals surface area contributed by atoms with Gasteiger partial charge in [0.25, 0.3) is 11.5 Å². The highest BCUT2D eigenvalue weighted by Crippen LogP contribution is 2.27. The predicted molar refractivity (Wildman–Crippen MR) is 99.0 cm³/mol. The molecule has 144 valence electrons. The number of amides is 1. The van der Waals surface area contributed by atoms with Crippen molar-refractivity contribution in [3.05, 3.63) is 105 Å². The molecule has 0 aliphatic rings. The Morgan fingerprint density at radius 2 is 1.64 bits per heavy atom. The van der Waals surface area contributed by atoms with Gasteiger partial charge in [-0.3, -0.25) is 9.59 Å². The topological polar surface area (TPSA) is 62.0 Å². The van der Waals surface area contributed by atoms with Crippen LogP contribution in [0.5, 0.6) is 0 Å². The van der Waals surface area contributed by atoms with Crippen molar-refractivity contribution in [2.75, 3.05) is 0 Å². The molecule has 1 amide bonds. The molecule has 2 N–H and O–H groups in total. The molecule has 1 aromatic heterocycles. The number of benzene rings is 2. The Hall–Kier alpha value is -3.35. The third kappa shape index (κ3) is 4.31. The molecule has 1 unspecified atom stereocenters. The zero-order valence-electron chi connectivity index (χ0n) is 14.9. The fourth-order valence-corrected chi connectivity index (χ4v) is 2.88. The minimum atomic E-state index is -4.69. The molecule has 0 radical (unpaired) electrons. The molecule has 0 bridgehead atoms. The number of rotatable bonds is 4. The van der Waals surface area contributed by atoms with Crippen molar-refractivity contribution in [3.63, 3.8) is 0 Å². The molecule has 1 atom stereocenters. The van der Waals surface area contributed by atoms with Gasteiger partial charge in [-0.1, -0.05) is 60.2 Å². The molecular formula is C21H17F3N2O2. The van der Waals surface area contributed by atoms with E-state index in [0.29, 0.717) is 6.07 Å². The zero-order valence-corrected chi connectivity index (χ0v) is 14.9. The van der Waals surface area contributed by atoms with E-state index < -0.39 is 29.4 Å². The van der Waals surface area contributed by atoms with Crippen LogP contribution in [0.1, 0.15) is 38.8 Å². The minimum Gasteiger partial charge on any atom is -0.341 e. The van der Waals surface area contributed by atoms with Gasteiger partial charge in [-0.15, -0.1) is 0 Å². The predicted octanol–water partition coefficient (Wildman–Crippen LogP) is 4.22. The van der Waals surface area contributed by atoms with Crippen molar-refractivity contribution >= 4 is 5.91 Å². The van der Waals surface area contributed by atoms with Gasteiger partial charge in [0, 0.05) is 0 Å². The summed E-state index contributed by atoms with van der Waals surface area (Å²) in [6.07, 6.45) is -4.69. The first kappa shape index (κ1) is 19.4. The van der Waals surface area contributed by atoms with E-state index in [0.717, 1.165) is 22.8 Å². The van der Waals surface area contributed by atoms with Crippen LogP contribution in [0, 0.1) is 6.92 Å². The van der Waals surface area contributed by atoms with Crippen molar-refractivity contribution in [2.45, 2.75) is 19.1 Å². The van der Waals surface area contributed by atoms with Gasteiger partial charge in [-0.05, 0) is 30.2 Å². The van der Waals surface area contributed by atoms with Gasteiger partial charge < -0.3 is 10.3 Å². The van der Waals surface area contributed by atoms with Crippen LogP contribution in [-0.4, -0.2) is 10.9 Å². The normalized spacial score (nSPS) is 12.4. The van der Waals surface area contributed by atoms with Gasteiger partial charge >= 0.3 is 6.18 Å². The maximum atomic E-state index is 12.7. The minimum absolute atomic E-state index is 0.387. The van der Waals surface area contributed by atoms with Crippen LogP contribution in [0.15, 0.2) is 71.5 Å². The summed E-state index contributed by atoms with van der Waals surface area (Å²) < 4.78 is 38.2. The van der Waals surface area contributed by atoms with Crippen molar-refractivity contribution in [1.29, 1.82) is 0 Å². The number of aromatic amines is 1. The zero-order chi connectivity index (χ0) is 20.3. The second-order valence-corrected chi connectivity index (χ2v) is 6.34. The lowest BCUT2D eigenvalue weighted by atomic mass is 9.97. The fourth-order valence-electron chi connectivity index (χ4n) is 2.88. The Kier molecular flexibility index (Phi) is 5.35. The number of aryl methyl sites for hydroxylation is 1. The number of alkyl halides is 3. The smallest absolute Gasteiger partial charge is 0.341 e. The number of hydrogen-bond acceptors (Lipinski definition) is 2. The molecule has 0 fully saturated rings. The molecule has 0 aliphatic carbocycles. The summed E-state index contributed by atoms with van der Waals surface area (Å²) in [5, 5.41) is 2.75. The van der Waals surface area contributed by atoms with Crippen molar-refractivity contribution in [2.24, 2.45) is 0 Å².